The fourth-order valence-corrected chi connectivity index (χ4v) is 3.08. The molecule has 3 rings (SSSR count). The molecule has 4 nitrogen and oxygen atoms in total. The first-order valence-electron chi connectivity index (χ1n) is 8.59. The quantitative estimate of drug-likeness (QED) is 0.834. The van der Waals surface area contributed by atoms with E-state index >= 15 is 0 Å². The summed E-state index contributed by atoms with van der Waals surface area (Å²) >= 11 is 0. The summed E-state index contributed by atoms with van der Waals surface area (Å²) in [6, 6.07) is 15.1. The Balaban J connectivity index is 1.79. The van der Waals surface area contributed by atoms with Gasteiger partial charge in [0.05, 0.1) is 0 Å². The van der Waals surface area contributed by atoms with Gasteiger partial charge in [0, 0.05) is 29.9 Å². The first-order valence-corrected chi connectivity index (χ1v) is 8.59. The molecule has 1 N–H and O–H groups in total. The van der Waals surface area contributed by atoms with Crippen molar-refractivity contribution in [1.82, 2.24) is 0 Å². The highest BCUT2D eigenvalue weighted by Crippen LogP contribution is 2.31. The van der Waals surface area contributed by atoms with E-state index < -0.39 is 0 Å². The van der Waals surface area contributed by atoms with Crippen LogP contribution in [0.4, 0.5) is 11.4 Å². The van der Waals surface area contributed by atoms with Gasteiger partial charge in [-0.1, -0.05) is 24.3 Å². The van der Waals surface area contributed by atoms with Crippen LogP contribution in [0.3, 0.4) is 0 Å². The summed E-state index contributed by atoms with van der Waals surface area (Å²) in [6.45, 7) is 4.34. The van der Waals surface area contributed by atoms with Crippen molar-refractivity contribution in [2.45, 2.75) is 25.7 Å². The van der Waals surface area contributed by atoms with Crippen molar-refractivity contribution in [1.29, 1.82) is 0 Å². The van der Waals surface area contributed by atoms with E-state index in [-0.39, 0.29) is 11.8 Å². The first kappa shape index (κ1) is 17.0. The van der Waals surface area contributed by atoms with Gasteiger partial charge in [-0.25, -0.2) is 0 Å². The Morgan fingerprint density at radius 2 is 1.96 bits per heavy atom. The molecule has 0 spiro atoms. The van der Waals surface area contributed by atoms with Gasteiger partial charge < -0.3 is 10.2 Å². The van der Waals surface area contributed by atoms with Crippen molar-refractivity contribution in [2.24, 2.45) is 0 Å². The topological polar surface area (TPSA) is 49.4 Å². The minimum atomic E-state index is -0.0205. The number of nitrogens with zero attached hydrogens (tertiary/aromatic N) is 1. The molecule has 2 aromatic rings. The highest BCUT2D eigenvalue weighted by molar-refractivity contribution is 6.07. The predicted molar refractivity (Wildman–Crippen MR) is 101 cm³/mol. The Bertz CT molecular complexity index is 784. The number of hydrogen-bond donors (Lipinski definition) is 1. The normalized spacial score (nSPS) is 13.0. The molecule has 0 radical (unpaired) electrons. The van der Waals surface area contributed by atoms with Crippen molar-refractivity contribution in [3.8, 4) is 0 Å². The summed E-state index contributed by atoms with van der Waals surface area (Å²) in [5.74, 6) is -0.00260. The summed E-state index contributed by atoms with van der Waals surface area (Å²) in [6.07, 6.45) is 4.65. The van der Waals surface area contributed by atoms with Crippen LogP contribution in [0.25, 0.3) is 0 Å². The molecule has 0 bridgehead atoms. The summed E-state index contributed by atoms with van der Waals surface area (Å²) in [5.41, 5.74) is 3.50. The number of benzene rings is 2. The molecule has 1 heterocycles. The predicted octanol–water partition coefficient (Wildman–Crippen LogP) is 4.18. The number of fused-ring (bicyclic) bond motifs is 1. The van der Waals surface area contributed by atoms with E-state index in [1.807, 2.05) is 53.4 Å². The van der Waals surface area contributed by atoms with E-state index in [0.29, 0.717) is 24.9 Å². The minimum absolute atomic E-state index is 0.0179. The average Bonchev–Trinajstić information content (AvgIpc) is 2.66. The van der Waals surface area contributed by atoms with E-state index in [1.165, 1.54) is 0 Å². The van der Waals surface area contributed by atoms with Crippen LogP contribution in [-0.2, 0) is 11.2 Å². The lowest BCUT2D eigenvalue weighted by atomic mass is 10.00. The minimum Gasteiger partial charge on any atom is -0.326 e. The van der Waals surface area contributed by atoms with E-state index in [0.717, 1.165) is 29.8 Å². The molecule has 2 aromatic carbocycles. The summed E-state index contributed by atoms with van der Waals surface area (Å²) in [5, 5.41) is 2.91. The number of aryl methyl sites for hydroxylation is 1. The molecule has 1 aliphatic heterocycles. The van der Waals surface area contributed by atoms with E-state index in [2.05, 4.69) is 11.9 Å². The Hall–Kier alpha value is -2.88. The molecule has 1 aliphatic rings. The molecule has 2 amide bonds. The Morgan fingerprint density at radius 3 is 2.72 bits per heavy atom. The van der Waals surface area contributed by atoms with E-state index in [9.17, 15) is 9.59 Å². The van der Waals surface area contributed by atoms with Gasteiger partial charge in [-0.2, -0.15) is 0 Å². The van der Waals surface area contributed by atoms with Crippen molar-refractivity contribution < 1.29 is 9.59 Å². The molecule has 0 saturated heterocycles. The number of allylic oxidation sites excluding steroid dienone is 1. The van der Waals surface area contributed by atoms with Crippen molar-refractivity contribution in [2.75, 3.05) is 16.8 Å². The fourth-order valence-electron chi connectivity index (χ4n) is 3.08. The third kappa shape index (κ3) is 3.97. The molecule has 0 aliphatic carbocycles. The largest absolute Gasteiger partial charge is 0.326 e. The number of hydrogen-bond acceptors (Lipinski definition) is 2. The zero-order chi connectivity index (χ0) is 17.6. The van der Waals surface area contributed by atoms with Gasteiger partial charge in [0.25, 0.3) is 5.91 Å². The zero-order valence-electron chi connectivity index (χ0n) is 14.2. The molecule has 128 valence electrons. The molecular weight excluding hydrogens is 312 g/mol. The molecule has 0 aromatic heterocycles. The smallest absolute Gasteiger partial charge is 0.258 e. The standard InChI is InChI=1S/C21H22N2O2/c1-2-3-11-20(24)22-18-12-13-19-17(15-18)10-7-14-23(19)21(25)16-8-5-4-6-9-16/h2,4-6,8-9,12-13,15H,1,3,7,10-11,14H2,(H,22,24). The molecule has 0 fully saturated rings. The van der Waals surface area contributed by atoms with Crippen LogP contribution in [0.1, 0.15) is 35.2 Å². The second-order valence-corrected chi connectivity index (χ2v) is 6.15. The number of carbonyl (C=O) groups excluding carboxylic acids is 2. The van der Waals surface area contributed by atoms with Crippen LogP contribution >= 0.6 is 0 Å². The second kappa shape index (κ2) is 7.79. The first-order chi connectivity index (χ1) is 12.2. The maximum atomic E-state index is 12.8. The van der Waals surface area contributed by atoms with Crippen LogP contribution in [0, 0.1) is 0 Å². The van der Waals surface area contributed by atoms with Gasteiger partial charge in [-0.05, 0) is 55.2 Å². The van der Waals surface area contributed by atoms with Crippen molar-refractivity contribution >= 4 is 23.2 Å². The Morgan fingerprint density at radius 1 is 1.16 bits per heavy atom. The Labute approximate surface area is 148 Å². The number of carbonyl (C=O) groups is 2. The van der Waals surface area contributed by atoms with Crippen LogP contribution < -0.4 is 10.2 Å². The maximum absolute atomic E-state index is 12.8. The van der Waals surface area contributed by atoms with Crippen LogP contribution in [-0.4, -0.2) is 18.4 Å². The molecule has 0 atom stereocenters. The van der Waals surface area contributed by atoms with Crippen molar-refractivity contribution in [3.05, 3.63) is 72.3 Å². The lowest BCUT2D eigenvalue weighted by Gasteiger charge is -2.30. The lowest BCUT2D eigenvalue weighted by Crippen LogP contribution is -2.35. The van der Waals surface area contributed by atoms with Crippen LogP contribution in [0.15, 0.2) is 61.2 Å². The third-order valence-corrected chi connectivity index (χ3v) is 4.32. The van der Waals surface area contributed by atoms with Gasteiger partial charge in [-0.3, -0.25) is 9.59 Å². The average molecular weight is 334 g/mol. The number of rotatable bonds is 5. The third-order valence-electron chi connectivity index (χ3n) is 4.32. The van der Waals surface area contributed by atoms with Crippen LogP contribution in [0.2, 0.25) is 0 Å². The van der Waals surface area contributed by atoms with Gasteiger partial charge >= 0.3 is 0 Å². The fraction of sp³-hybridized carbons (Fsp3) is 0.238. The number of amides is 2. The molecule has 25 heavy (non-hydrogen) atoms. The highest BCUT2D eigenvalue weighted by Gasteiger charge is 2.23. The van der Waals surface area contributed by atoms with Gasteiger partial charge in [0.2, 0.25) is 5.91 Å². The maximum Gasteiger partial charge on any atom is 0.258 e. The van der Waals surface area contributed by atoms with Gasteiger partial charge in [0.1, 0.15) is 0 Å². The number of nitrogens with one attached hydrogen (secondary N) is 1. The lowest BCUT2D eigenvalue weighted by molar-refractivity contribution is -0.116. The summed E-state index contributed by atoms with van der Waals surface area (Å²) in [7, 11) is 0. The second-order valence-electron chi connectivity index (χ2n) is 6.15. The summed E-state index contributed by atoms with van der Waals surface area (Å²) in [4.78, 5) is 26.5. The molecule has 0 saturated carbocycles. The van der Waals surface area contributed by atoms with Crippen LogP contribution in [0.5, 0.6) is 0 Å². The van der Waals surface area contributed by atoms with Gasteiger partial charge in [0.15, 0.2) is 0 Å². The van der Waals surface area contributed by atoms with Gasteiger partial charge in [-0.15, -0.1) is 6.58 Å². The van der Waals surface area contributed by atoms with E-state index in [4.69, 9.17) is 0 Å². The zero-order valence-corrected chi connectivity index (χ0v) is 14.2. The van der Waals surface area contributed by atoms with E-state index in [1.54, 1.807) is 6.08 Å². The number of anilines is 2. The SMILES string of the molecule is C=CCCC(=O)Nc1ccc2c(c1)CCCN2C(=O)c1ccccc1. The van der Waals surface area contributed by atoms with Crippen molar-refractivity contribution in [3.63, 3.8) is 0 Å². The molecule has 0 unspecified atom stereocenters. The highest BCUT2D eigenvalue weighted by atomic mass is 16.2. The summed E-state index contributed by atoms with van der Waals surface area (Å²) < 4.78 is 0. The molecule has 4 heteroatoms. The molecular formula is C21H22N2O2. The Kier molecular flexibility index (Phi) is 5.29. The monoisotopic (exact) mass is 334 g/mol.